The molecule has 0 heterocycles. The summed E-state index contributed by atoms with van der Waals surface area (Å²) in [5.74, 6) is 0.823. The van der Waals surface area contributed by atoms with Gasteiger partial charge in [0.25, 0.3) is 0 Å². The van der Waals surface area contributed by atoms with Crippen molar-refractivity contribution in [1.29, 1.82) is 10.5 Å². The zero-order valence-corrected chi connectivity index (χ0v) is 17.4. The predicted octanol–water partition coefficient (Wildman–Crippen LogP) is 3.59. The van der Waals surface area contributed by atoms with E-state index in [1.54, 1.807) is 9.80 Å². The van der Waals surface area contributed by atoms with E-state index in [0.717, 1.165) is 39.0 Å². The molecule has 0 aliphatic rings. The molecule has 0 aliphatic heterocycles. The summed E-state index contributed by atoms with van der Waals surface area (Å²) >= 11 is 0. The van der Waals surface area contributed by atoms with Crippen LogP contribution in [0.1, 0.15) is 67.2 Å². The molecule has 0 fully saturated rings. The van der Waals surface area contributed by atoms with E-state index in [-0.39, 0.29) is 24.7 Å². The normalized spacial score (nSPS) is 9.77. The second-order valence-corrected chi connectivity index (χ2v) is 7.14. The van der Waals surface area contributed by atoms with Gasteiger partial charge in [-0.1, -0.05) is 41.5 Å². The van der Waals surface area contributed by atoms with Crippen LogP contribution in [0.5, 0.6) is 0 Å². The number of carbonyl (C=O) groups excluding carboxylic acids is 2. The van der Waals surface area contributed by atoms with Crippen molar-refractivity contribution in [3.8, 4) is 12.1 Å². The van der Waals surface area contributed by atoms with Crippen molar-refractivity contribution in [3.63, 3.8) is 0 Å². The summed E-state index contributed by atoms with van der Waals surface area (Å²) in [7, 11) is 0. The fourth-order valence-corrected chi connectivity index (χ4v) is 2.42. The molecule has 148 valence electrons. The third kappa shape index (κ3) is 14.3. The molecule has 6 heteroatoms. The van der Waals surface area contributed by atoms with Crippen LogP contribution in [-0.4, -0.2) is 47.8 Å². The summed E-state index contributed by atoms with van der Waals surface area (Å²) in [6, 6.07) is 3.78. The van der Waals surface area contributed by atoms with Crippen molar-refractivity contribution >= 4 is 11.8 Å². The van der Waals surface area contributed by atoms with Crippen LogP contribution in [-0.2, 0) is 9.59 Å². The van der Waals surface area contributed by atoms with E-state index in [1.807, 2.05) is 26.0 Å². The van der Waals surface area contributed by atoms with Crippen LogP contribution in [0.15, 0.2) is 0 Å². The van der Waals surface area contributed by atoms with Crippen LogP contribution in [0.25, 0.3) is 0 Å². The first-order valence-electron chi connectivity index (χ1n) is 9.52. The molecule has 0 atom stereocenters. The Morgan fingerprint density at radius 3 is 1.38 bits per heavy atom. The Bertz CT molecular complexity index is 459. The molecule has 0 rings (SSSR count). The first-order chi connectivity index (χ1) is 12.2. The highest BCUT2D eigenvalue weighted by molar-refractivity contribution is 5.78. The van der Waals surface area contributed by atoms with Crippen molar-refractivity contribution in [1.82, 2.24) is 9.80 Å². The number of nitrogens with zero attached hydrogens (tertiary/aromatic N) is 4. The zero-order chi connectivity index (χ0) is 20.5. The Kier molecular flexibility index (Phi) is 16.5. The minimum Gasteiger partial charge on any atom is -0.342 e. The Hall–Kier alpha value is -2.08. The van der Waals surface area contributed by atoms with E-state index in [0.29, 0.717) is 11.8 Å². The number of amides is 2. The highest BCUT2D eigenvalue weighted by atomic mass is 16.2. The number of nitriles is 2. The topological polar surface area (TPSA) is 88.2 Å². The Morgan fingerprint density at radius 2 is 1.12 bits per heavy atom. The van der Waals surface area contributed by atoms with E-state index in [1.165, 1.54) is 0 Å². The number of carbonyl (C=O) groups is 2. The number of hydrogen-bond acceptors (Lipinski definition) is 4. The maximum absolute atomic E-state index is 11.5. The Balaban J connectivity index is 0. The van der Waals surface area contributed by atoms with Crippen LogP contribution < -0.4 is 0 Å². The highest BCUT2D eigenvalue weighted by Crippen LogP contribution is 2.05. The lowest BCUT2D eigenvalue weighted by Gasteiger charge is -2.25. The van der Waals surface area contributed by atoms with Gasteiger partial charge in [0.15, 0.2) is 0 Å². The molecule has 0 aromatic heterocycles. The smallest absolute Gasteiger partial charge is 0.236 e. The molecule has 0 saturated heterocycles. The summed E-state index contributed by atoms with van der Waals surface area (Å²) in [5.41, 5.74) is 0. The molecule has 0 saturated carbocycles. The summed E-state index contributed by atoms with van der Waals surface area (Å²) in [6.07, 6.45) is 1.92. The van der Waals surface area contributed by atoms with Gasteiger partial charge in [0, 0.05) is 26.2 Å². The van der Waals surface area contributed by atoms with Gasteiger partial charge in [-0.15, -0.1) is 0 Å². The van der Waals surface area contributed by atoms with Gasteiger partial charge >= 0.3 is 0 Å². The molecular formula is C20H36N4O2. The minimum absolute atomic E-state index is 0.000556. The standard InChI is InChI=1S/C11H20N2O.C9H16N2O/c1-9(2)7-13(8-10(3)4)11(14)5-6-12;1-3-7-11(8-4-2)9(12)5-6-10/h9-10H,5,7-8H2,1-4H3;3-5,7-8H2,1-2H3. The quantitative estimate of drug-likeness (QED) is 0.592. The Morgan fingerprint density at radius 1 is 0.769 bits per heavy atom. The van der Waals surface area contributed by atoms with Crippen LogP contribution in [0.4, 0.5) is 0 Å². The molecule has 0 radical (unpaired) electrons. The van der Waals surface area contributed by atoms with Crippen molar-refractivity contribution in [2.75, 3.05) is 26.2 Å². The molecule has 0 aromatic carbocycles. The molecule has 26 heavy (non-hydrogen) atoms. The zero-order valence-electron chi connectivity index (χ0n) is 17.4. The molecule has 0 N–H and O–H groups in total. The predicted molar refractivity (Wildman–Crippen MR) is 104 cm³/mol. The third-order valence-corrected chi connectivity index (χ3v) is 3.32. The van der Waals surface area contributed by atoms with E-state index >= 15 is 0 Å². The van der Waals surface area contributed by atoms with Gasteiger partial charge in [0.1, 0.15) is 12.8 Å². The molecule has 0 unspecified atom stereocenters. The maximum atomic E-state index is 11.5. The number of rotatable bonds is 10. The van der Waals surface area contributed by atoms with Crippen LogP contribution >= 0.6 is 0 Å². The van der Waals surface area contributed by atoms with Crippen molar-refractivity contribution in [2.45, 2.75) is 67.2 Å². The van der Waals surface area contributed by atoms with E-state index in [2.05, 4.69) is 27.7 Å². The van der Waals surface area contributed by atoms with Gasteiger partial charge < -0.3 is 9.80 Å². The molecule has 0 bridgehead atoms. The van der Waals surface area contributed by atoms with E-state index in [4.69, 9.17) is 10.5 Å². The molecule has 2 amide bonds. The van der Waals surface area contributed by atoms with Crippen LogP contribution in [0.2, 0.25) is 0 Å². The van der Waals surface area contributed by atoms with Gasteiger partial charge in [-0.3, -0.25) is 9.59 Å². The van der Waals surface area contributed by atoms with Gasteiger partial charge in [0.05, 0.1) is 12.1 Å². The molecule has 0 aromatic rings. The average molecular weight is 365 g/mol. The second-order valence-electron chi connectivity index (χ2n) is 7.14. The largest absolute Gasteiger partial charge is 0.342 e. The van der Waals surface area contributed by atoms with Crippen molar-refractivity contribution in [2.24, 2.45) is 11.8 Å². The van der Waals surface area contributed by atoms with Crippen molar-refractivity contribution < 1.29 is 9.59 Å². The average Bonchev–Trinajstić information content (AvgIpc) is 2.54. The van der Waals surface area contributed by atoms with Crippen molar-refractivity contribution in [3.05, 3.63) is 0 Å². The third-order valence-electron chi connectivity index (χ3n) is 3.32. The lowest BCUT2D eigenvalue weighted by atomic mass is 10.1. The first kappa shape index (κ1) is 26.2. The minimum atomic E-state index is -0.0464. The SMILES string of the molecule is CC(C)CN(CC(C)C)C(=O)CC#N.CCCN(CCC)C(=O)CC#N. The first-order valence-corrected chi connectivity index (χ1v) is 9.52. The Labute approximate surface area is 159 Å². The van der Waals surface area contributed by atoms with Crippen LogP contribution in [0.3, 0.4) is 0 Å². The summed E-state index contributed by atoms with van der Waals surface area (Å²) in [6.45, 7) is 15.4. The molecule has 0 spiro atoms. The van der Waals surface area contributed by atoms with Gasteiger partial charge in [-0.25, -0.2) is 0 Å². The van der Waals surface area contributed by atoms with E-state index < -0.39 is 0 Å². The molecule has 0 aliphatic carbocycles. The lowest BCUT2D eigenvalue weighted by molar-refractivity contribution is -0.131. The fraction of sp³-hybridized carbons (Fsp3) is 0.800. The molecule has 6 nitrogen and oxygen atoms in total. The summed E-state index contributed by atoms with van der Waals surface area (Å²) in [4.78, 5) is 26.3. The second kappa shape index (κ2) is 16.4. The van der Waals surface area contributed by atoms with Gasteiger partial charge in [-0.2, -0.15) is 10.5 Å². The van der Waals surface area contributed by atoms with Crippen LogP contribution in [0, 0.1) is 34.5 Å². The van der Waals surface area contributed by atoms with Gasteiger partial charge in [0.2, 0.25) is 11.8 Å². The van der Waals surface area contributed by atoms with E-state index in [9.17, 15) is 9.59 Å². The molecular weight excluding hydrogens is 328 g/mol. The summed E-state index contributed by atoms with van der Waals surface area (Å²) < 4.78 is 0. The fourth-order valence-electron chi connectivity index (χ4n) is 2.42. The maximum Gasteiger partial charge on any atom is 0.236 e. The van der Waals surface area contributed by atoms with Gasteiger partial charge in [-0.05, 0) is 24.7 Å². The highest BCUT2D eigenvalue weighted by Gasteiger charge is 2.15. The number of hydrogen-bond donors (Lipinski definition) is 0. The monoisotopic (exact) mass is 364 g/mol. The lowest BCUT2D eigenvalue weighted by Crippen LogP contribution is -2.36. The summed E-state index contributed by atoms with van der Waals surface area (Å²) in [5, 5.41) is 16.8.